The molecule has 1 aliphatic rings. The largest absolute Gasteiger partial charge is 0.378 e. The van der Waals surface area contributed by atoms with Crippen LogP contribution >= 0.6 is 0 Å². The molecule has 0 spiro atoms. The number of aromatic amines is 1. The standard InChI is InChI=1S/C14H17N3O2/c1-9-6-11(4-5-19-9)17-14(18)10-2-3-12-13(7-10)16-8-15-12/h2-3,7-9,11H,4-6H2,1H3,(H,15,16)(H,17,18). The molecule has 1 aromatic carbocycles. The molecule has 3 rings (SSSR count). The van der Waals surface area contributed by atoms with E-state index in [0.717, 1.165) is 23.9 Å². The Bertz CT molecular complexity index is 593. The van der Waals surface area contributed by atoms with Gasteiger partial charge in [-0.15, -0.1) is 0 Å². The zero-order valence-electron chi connectivity index (χ0n) is 10.8. The topological polar surface area (TPSA) is 67.0 Å². The monoisotopic (exact) mass is 259 g/mol. The number of nitrogens with zero attached hydrogens (tertiary/aromatic N) is 1. The lowest BCUT2D eigenvalue weighted by Gasteiger charge is -2.27. The third kappa shape index (κ3) is 2.61. The Hall–Kier alpha value is -1.88. The Labute approximate surface area is 111 Å². The number of rotatable bonds is 2. The number of aromatic nitrogens is 2. The normalized spacial score (nSPS) is 23.4. The minimum absolute atomic E-state index is 0.0319. The van der Waals surface area contributed by atoms with Crippen molar-refractivity contribution in [3.8, 4) is 0 Å². The van der Waals surface area contributed by atoms with Crippen molar-refractivity contribution in [2.24, 2.45) is 0 Å². The summed E-state index contributed by atoms with van der Waals surface area (Å²) in [6.07, 6.45) is 3.60. The van der Waals surface area contributed by atoms with E-state index in [4.69, 9.17) is 4.74 Å². The van der Waals surface area contributed by atoms with Crippen LogP contribution in [0.2, 0.25) is 0 Å². The first-order chi connectivity index (χ1) is 9.22. The van der Waals surface area contributed by atoms with Gasteiger partial charge in [-0.2, -0.15) is 0 Å². The third-order valence-corrected chi connectivity index (χ3v) is 3.50. The lowest BCUT2D eigenvalue weighted by molar-refractivity contribution is 0.0136. The van der Waals surface area contributed by atoms with E-state index < -0.39 is 0 Å². The molecule has 2 heterocycles. The van der Waals surface area contributed by atoms with Crippen LogP contribution in [0.5, 0.6) is 0 Å². The van der Waals surface area contributed by atoms with Crippen molar-refractivity contribution >= 4 is 16.9 Å². The fourth-order valence-corrected chi connectivity index (χ4v) is 2.47. The van der Waals surface area contributed by atoms with Gasteiger partial charge in [0.05, 0.1) is 23.5 Å². The number of H-pyrrole nitrogens is 1. The summed E-state index contributed by atoms with van der Waals surface area (Å²) < 4.78 is 5.48. The van der Waals surface area contributed by atoms with E-state index in [-0.39, 0.29) is 18.1 Å². The molecule has 1 fully saturated rings. The van der Waals surface area contributed by atoms with Crippen LogP contribution in [0.4, 0.5) is 0 Å². The van der Waals surface area contributed by atoms with Crippen LogP contribution in [-0.4, -0.2) is 34.6 Å². The maximum Gasteiger partial charge on any atom is 0.251 e. The highest BCUT2D eigenvalue weighted by Gasteiger charge is 2.21. The molecule has 1 saturated heterocycles. The zero-order valence-corrected chi connectivity index (χ0v) is 10.8. The summed E-state index contributed by atoms with van der Waals surface area (Å²) in [4.78, 5) is 19.4. The minimum Gasteiger partial charge on any atom is -0.378 e. The second-order valence-electron chi connectivity index (χ2n) is 5.01. The molecule has 1 amide bonds. The van der Waals surface area contributed by atoms with Gasteiger partial charge in [-0.1, -0.05) is 0 Å². The number of carbonyl (C=O) groups is 1. The zero-order chi connectivity index (χ0) is 13.2. The van der Waals surface area contributed by atoms with Crippen LogP contribution < -0.4 is 5.32 Å². The van der Waals surface area contributed by atoms with Gasteiger partial charge in [0.15, 0.2) is 0 Å². The van der Waals surface area contributed by atoms with Crippen molar-refractivity contribution in [3.63, 3.8) is 0 Å². The van der Waals surface area contributed by atoms with Gasteiger partial charge in [0, 0.05) is 18.2 Å². The van der Waals surface area contributed by atoms with Gasteiger partial charge in [0.2, 0.25) is 0 Å². The number of carbonyl (C=O) groups excluding carboxylic acids is 1. The van der Waals surface area contributed by atoms with Gasteiger partial charge in [-0.3, -0.25) is 4.79 Å². The smallest absolute Gasteiger partial charge is 0.251 e. The summed E-state index contributed by atoms with van der Waals surface area (Å²) in [6.45, 7) is 2.75. The predicted molar refractivity (Wildman–Crippen MR) is 72.0 cm³/mol. The summed E-state index contributed by atoms with van der Waals surface area (Å²) in [5, 5.41) is 3.07. The van der Waals surface area contributed by atoms with E-state index in [9.17, 15) is 4.79 Å². The first kappa shape index (κ1) is 12.2. The summed E-state index contributed by atoms with van der Waals surface area (Å²) >= 11 is 0. The highest BCUT2D eigenvalue weighted by atomic mass is 16.5. The van der Waals surface area contributed by atoms with E-state index >= 15 is 0 Å². The SMILES string of the molecule is CC1CC(NC(=O)c2ccc3nc[nH]c3c2)CCO1. The van der Waals surface area contributed by atoms with Crippen molar-refractivity contribution in [2.75, 3.05) is 6.61 Å². The molecule has 0 aliphatic carbocycles. The highest BCUT2D eigenvalue weighted by Crippen LogP contribution is 2.15. The first-order valence-corrected chi connectivity index (χ1v) is 6.58. The van der Waals surface area contributed by atoms with Crippen molar-refractivity contribution < 1.29 is 9.53 Å². The number of hydrogen-bond donors (Lipinski definition) is 2. The summed E-state index contributed by atoms with van der Waals surface area (Å²) in [5.74, 6) is -0.0319. The molecule has 5 heteroatoms. The molecular formula is C14H17N3O2. The number of fused-ring (bicyclic) bond motifs is 1. The molecular weight excluding hydrogens is 242 g/mol. The Balaban J connectivity index is 1.72. The Morgan fingerprint density at radius 3 is 3.26 bits per heavy atom. The maximum absolute atomic E-state index is 12.2. The molecule has 2 aromatic rings. The number of benzene rings is 1. The number of nitrogens with one attached hydrogen (secondary N) is 2. The maximum atomic E-state index is 12.2. The van der Waals surface area contributed by atoms with E-state index in [1.165, 1.54) is 0 Å². The van der Waals surface area contributed by atoms with Gasteiger partial charge in [0.1, 0.15) is 0 Å². The van der Waals surface area contributed by atoms with Crippen LogP contribution in [0.1, 0.15) is 30.1 Å². The van der Waals surface area contributed by atoms with E-state index in [1.807, 2.05) is 19.1 Å². The Morgan fingerprint density at radius 2 is 2.42 bits per heavy atom. The molecule has 100 valence electrons. The molecule has 2 atom stereocenters. The molecule has 0 radical (unpaired) electrons. The molecule has 0 saturated carbocycles. The lowest BCUT2D eigenvalue weighted by atomic mass is 10.0. The van der Waals surface area contributed by atoms with Crippen molar-refractivity contribution in [3.05, 3.63) is 30.1 Å². The van der Waals surface area contributed by atoms with Crippen LogP contribution in [0.3, 0.4) is 0 Å². The molecule has 2 N–H and O–H groups in total. The number of hydrogen-bond acceptors (Lipinski definition) is 3. The average molecular weight is 259 g/mol. The van der Waals surface area contributed by atoms with Crippen molar-refractivity contribution in [2.45, 2.75) is 31.9 Å². The molecule has 1 aromatic heterocycles. The van der Waals surface area contributed by atoms with E-state index in [0.29, 0.717) is 12.2 Å². The number of amides is 1. The number of ether oxygens (including phenoxy) is 1. The molecule has 2 unspecified atom stereocenters. The Kier molecular flexibility index (Phi) is 3.21. The fourth-order valence-electron chi connectivity index (χ4n) is 2.47. The Morgan fingerprint density at radius 1 is 1.53 bits per heavy atom. The van der Waals surface area contributed by atoms with Gasteiger partial charge < -0.3 is 15.0 Å². The summed E-state index contributed by atoms with van der Waals surface area (Å²) in [7, 11) is 0. The highest BCUT2D eigenvalue weighted by molar-refractivity contribution is 5.97. The van der Waals surface area contributed by atoms with Crippen LogP contribution in [0.25, 0.3) is 11.0 Å². The van der Waals surface area contributed by atoms with Crippen LogP contribution in [0.15, 0.2) is 24.5 Å². The van der Waals surface area contributed by atoms with Gasteiger partial charge in [-0.25, -0.2) is 4.98 Å². The molecule has 19 heavy (non-hydrogen) atoms. The van der Waals surface area contributed by atoms with Crippen molar-refractivity contribution in [1.29, 1.82) is 0 Å². The molecule has 5 nitrogen and oxygen atoms in total. The van der Waals surface area contributed by atoms with Crippen molar-refractivity contribution in [1.82, 2.24) is 15.3 Å². The van der Waals surface area contributed by atoms with E-state index in [1.54, 1.807) is 12.4 Å². The average Bonchev–Trinajstić information content (AvgIpc) is 2.85. The van der Waals surface area contributed by atoms with Gasteiger partial charge in [0.25, 0.3) is 5.91 Å². The molecule has 1 aliphatic heterocycles. The molecule has 0 bridgehead atoms. The lowest BCUT2D eigenvalue weighted by Crippen LogP contribution is -2.41. The number of imidazole rings is 1. The first-order valence-electron chi connectivity index (χ1n) is 6.58. The second kappa shape index (κ2) is 5.01. The summed E-state index contributed by atoms with van der Waals surface area (Å²) in [5.41, 5.74) is 2.42. The second-order valence-corrected chi connectivity index (χ2v) is 5.01. The summed E-state index contributed by atoms with van der Waals surface area (Å²) in [6, 6.07) is 5.70. The van der Waals surface area contributed by atoms with Gasteiger partial charge >= 0.3 is 0 Å². The minimum atomic E-state index is -0.0319. The van der Waals surface area contributed by atoms with E-state index in [2.05, 4.69) is 15.3 Å². The van der Waals surface area contributed by atoms with Crippen LogP contribution in [0, 0.1) is 0 Å². The fraction of sp³-hybridized carbons (Fsp3) is 0.429. The predicted octanol–water partition coefficient (Wildman–Crippen LogP) is 1.86. The quantitative estimate of drug-likeness (QED) is 0.865. The van der Waals surface area contributed by atoms with Crippen LogP contribution in [-0.2, 0) is 4.74 Å². The third-order valence-electron chi connectivity index (χ3n) is 3.50. The van der Waals surface area contributed by atoms with Gasteiger partial charge in [-0.05, 0) is 38.0 Å².